The van der Waals surface area contributed by atoms with Crippen LogP contribution in [0.25, 0.3) is 4.96 Å². The fourth-order valence-corrected chi connectivity index (χ4v) is 4.57. The molecule has 0 spiro atoms. The first-order chi connectivity index (χ1) is 11.8. The number of fused-ring (bicyclic) bond motifs is 1. The van der Waals surface area contributed by atoms with Crippen molar-refractivity contribution in [2.45, 2.75) is 32.0 Å². The molecule has 0 radical (unpaired) electrons. The Kier molecular flexibility index (Phi) is 4.75. The molecule has 0 aromatic carbocycles. The van der Waals surface area contributed by atoms with Crippen molar-refractivity contribution in [3.63, 3.8) is 0 Å². The summed E-state index contributed by atoms with van der Waals surface area (Å²) in [5.74, 6) is 0. The number of thiophene rings is 1. The fourth-order valence-electron chi connectivity index (χ4n) is 3.08. The second kappa shape index (κ2) is 7.14. The van der Waals surface area contributed by atoms with Crippen LogP contribution >= 0.6 is 22.7 Å². The Bertz CT molecular complexity index is 850. The number of aromatic nitrogens is 2. The largest absolute Gasteiger partial charge is 0.377 e. The Morgan fingerprint density at radius 3 is 3.08 bits per heavy atom. The maximum Gasteiger partial charge on any atom is 0.258 e. The zero-order chi connectivity index (χ0) is 16.4. The molecule has 4 heterocycles. The minimum Gasteiger partial charge on any atom is -0.377 e. The van der Waals surface area contributed by atoms with E-state index in [4.69, 9.17) is 4.74 Å². The summed E-state index contributed by atoms with van der Waals surface area (Å²) in [5, 5.41) is 3.99. The van der Waals surface area contributed by atoms with Gasteiger partial charge in [0.2, 0.25) is 0 Å². The van der Waals surface area contributed by atoms with Gasteiger partial charge in [0.1, 0.15) is 0 Å². The third kappa shape index (κ3) is 3.59. The average Bonchev–Trinajstić information content (AvgIpc) is 3.28. The van der Waals surface area contributed by atoms with Crippen LogP contribution in [0.2, 0.25) is 0 Å². The van der Waals surface area contributed by atoms with Crippen molar-refractivity contribution in [1.29, 1.82) is 0 Å². The predicted molar refractivity (Wildman–Crippen MR) is 96.7 cm³/mol. The molecular weight excluding hydrogens is 342 g/mol. The molecule has 0 bridgehead atoms. The molecule has 0 saturated carbocycles. The summed E-state index contributed by atoms with van der Waals surface area (Å²) in [4.78, 5) is 21.3. The van der Waals surface area contributed by atoms with E-state index < -0.39 is 0 Å². The van der Waals surface area contributed by atoms with E-state index in [1.807, 2.05) is 5.38 Å². The van der Waals surface area contributed by atoms with E-state index in [0.29, 0.717) is 6.54 Å². The number of nitrogens with zero attached hydrogens (tertiary/aromatic N) is 3. The lowest BCUT2D eigenvalue weighted by Crippen LogP contribution is -2.32. The summed E-state index contributed by atoms with van der Waals surface area (Å²) in [6, 6.07) is 5.88. The van der Waals surface area contributed by atoms with E-state index >= 15 is 0 Å². The summed E-state index contributed by atoms with van der Waals surface area (Å²) < 4.78 is 7.39. The molecule has 1 aliphatic heterocycles. The highest BCUT2D eigenvalue weighted by Gasteiger charge is 2.20. The Hall–Kier alpha value is -1.54. The Morgan fingerprint density at radius 2 is 2.29 bits per heavy atom. The SMILES string of the molecule is O=c1cc(CN(Cc2cccs2)C[C@H]2CCCO2)nc2sccn12. The Labute approximate surface area is 148 Å². The zero-order valence-electron chi connectivity index (χ0n) is 13.3. The maximum absolute atomic E-state index is 12.2. The van der Waals surface area contributed by atoms with Gasteiger partial charge in [-0.15, -0.1) is 22.7 Å². The summed E-state index contributed by atoms with van der Waals surface area (Å²) in [7, 11) is 0. The highest BCUT2D eigenvalue weighted by molar-refractivity contribution is 7.15. The van der Waals surface area contributed by atoms with Crippen molar-refractivity contribution in [1.82, 2.24) is 14.3 Å². The second-order valence-electron chi connectivity index (χ2n) is 6.03. The molecule has 1 fully saturated rings. The Balaban J connectivity index is 1.55. The molecule has 1 aliphatic rings. The van der Waals surface area contributed by atoms with E-state index in [1.54, 1.807) is 28.0 Å². The normalized spacial score (nSPS) is 18.0. The number of hydrogen-bond donors (Lipinski definition) is 0. The minimum absolute atomic E-state index is 0.00978. The summed E-state index contributed by atoms with van der Waals surface area (Å²) in [6.07, 6.45) is 4.31. The van der Waals surface area contributed by atoms with Crippen LogP contribution in [0.1, 0.15) is 23.4 Å². The van der Waals surface area contributed by atoms with Crippen molar-refractivity contribution in [2.24, 2.45) is 0 Å². The van der Waals surface area contributed by atoms with Gasteiger partial charge in [0.15, 0.2) is 4.96 Å². The lowest BCUT2D eigenvalue weighted by atomic mass is 10.2. The van der Waals surface area contributed by atoms with Crippen LogP contribution in [0.3, 0.4) is 0 Å². The van der Waals surface area contributed by atoms with Crippen LogP contribution in [0.15, 0.2) is 40.0 Å². The second-order valence-corrected chi connectivity index (χ2v) is 7.93. The summed E-state index contributed by atoms with van der Waals surface area (Å²) >= 11 is 3.25. The van der Waals surface area contributed by atoms with E-state index in [2.05, 4.69) is 27.4 Å². The van der Waals surface area contributed by atoms with E-state index in [9.17, 15) is 4.79 Å². The molecule has 24 heavy (non-hydrogen) atoms. The number of ether oxygens (including phenoxy) is 1. The zero-order valence-corrected chi connectivity index (χ0v) is 14.9. The molecule has 126 valence electrons. The van der Waals surface area contributed by atoms with Gasteiger partial charge < -0.3 is 4.74 Å². The highest BCUT2D eigenvalue weighted by atomic mass is 32.1. The third-order valence-corrected chi connectivity index (χ3v) is 5.80. The van der Waals surface area contributed by atoms with Crippen molar-refractivity contribution >= 4 is 27.6 Å². The predicted octanol–water partition coefficient (Wildman–Crippen LogP) is 3.00. The van der Waals surface area contributed by atoms with Gasteiger partial charge in [-0.3, -0.25) is 14.1 Å². The Morgan fingerprint density at radius 1 is 1.33 bits per heavy atom. The minimum atomic E-state index is -0.00978. The molecule has 5 nitrogen and oxygen atoms in total. The number of rotatable bonds is 6. The van der Waals surface area contributed by atoms with Crippen molar-refractivity contribution < 1.29 is 4.74 Å². The molecule has 0 unspecified atom stereocenters. The molecule has 0 aliphatic carbocycles. The van der Waals surface area contributed by atoms with Crippen LogP contribution in [0, 0.1) is 0 Å². The first-order valence-corrected chi connectivity index (χ1v) is 9.86. The fraction of sp³-hybridized carbons (Fsp3) is 0.412. The topological polar surface area (TPSA) is 46.8 Å². The van der Waals surface area contributed by atoms with Crippen molar-refractivity contribution in [3.8, 4) is 0 Å². The lowest BCUT2D eigenvalue weighted by molar-refractivity contribution is 0.0678. The standard InChI is InChI=1S/C17H19N3O2S2/c21-16-9-13(18-17-20(16)5-8-24-17)10-19(11-14-3-1-6-22-14)12-15-4-2-7-23-15/h2,4-5,7-9,14H,1,3,6,10-12H2/t14-/m1/s1. The van der Waals surface area contributed by atoms with Gasteiger partial charge in [-0.25, -0.2) is 4.98 Å². The molecular formula is C17H19N3O2S2. The van der Waals surface area contributed by atoms with E-state index in [-0.39, 0.29) is 11.7 Å². The van der Waals surface area contributed by atoms with E-state index in [1.165, 1.54) is 16.2 Å². The molecule has 0 N–H and O–H groups in total. The van der Waals surface area contributed by atoms with Crippen LogP contribution in [-0.4, -0.2) is 33.5 Å². The van der Waals surface area contributed by atoms with Gasteiger partial charge in [-0.05, 0) is 24.3 Å². The molecule has 7 heteroatoms. The first kappa shape index (κ1) is 16.0. The maximum atomic E-state index is 12.2. The van der Waals surface area contributed by atoms with E-state index in [0.717, 1.165) is 43.2 Å². The lowest BCUT2D eigenvalue weighted by Gasteiger charge is -2.24. The van der Waals surface area contributed by atoms with Crippen molar-refractivity contribution in [3.05, 3.63) is 56.1 Å². The van der Waals surface area contributed by atoms with Crippen LogP contribution in [0.4, 0.5) is 0 Å². The number of hydrogen-bond acceptors (Lipinski definition) is 6. The number of thiazole rings is 1. The quantitative estimate of drug-likeness (QED) is 0.677. The van der Waals surface area contributed by atoms with Gasteiger partial charge in [-0.2, -0.15) is 0 Å². The van der Waals surface area contributed by atoms with Gasteiger partial charge in [0.05, 0.1) is 11.8 Å². The van der Waals surface area contributed by atoms with Gasteiger partial charge in [-0.1, -0.05) is 6.07 Å². The third-order valence-electron chi connectivity index (χ3n) is 4.19. The van der Waals surface area contributed by atoms with Gasteiger partial charge in [0.25, 0.3) is 5.56 Å². The molecule has 0 amide bonds. The van der Waals surface area contributed by atoms with Crippen LogP contribution in [0.5, 0.6) is 0 Å². The summed E-state index contributed by atoms with van der Waals surface area (Å²) in [5.41, 5.74) is 0.821. The molecule has 1 atom stereocenters. The molecule has 3 aromatic rings. The molecule has 1 saturated heterocycles. The monoisotopic (exact) mass is 361 g/mol. The summed E-state index contributed by atoms with van der Waals surface area (Å²) in [6.45, 7) is 3.27. The first-order valence-electron chi connectivity index (χ1n) is 8.10. The van der Waals surface area contributed by atoms with Gasteiger partial charge >= 0.3 is 0 Å². The smallest absolute Gasteiger partial charge is 0.258 e. The average molecular weight is 361 g/mol. The van der Waals surface area contributed by atoms with Crippen LogP contribution in [-0.2, 0) is 17.8 Å². The molecule has 4 rings (SSSR count). The van der Waals surface area contributed by atoms with Crippen LogP contribution < -0.4 is 5.56 Å². The highest BCUT2D eigenvalue weighted by Crippen LogP contribution is 2.19. The van der Waals surface area contributed by atoms with Crippen molar-refractivity contribution in [2.75, 3.05) is 13.2 Å². The van der Waals surface area contributed by atoms with Gasteiger partial charge in [0, 0.05) is 48.8 Å². The molecule has 3 aromatic heterocycles.